The van der Waals surface area contributed by atoms with Crippen molar-refractivity contribution in [2.24, 2.45) is 0 Å². The SMILES string of the molecule is CC(C)(C)c1cc(N2c3ccc(C(C)(C)C)cc3B3c4[se]c5c6c4N(c4ccccc4N6c4cccc6c4B5c4ccc(C(C)(C)C)cc4N6c4cc(C(C)(C)C)cc(C(C)(C)C)c4)c4cccc2c43)cc(C(C)(C)C)c1. The Labute approximate surface area is 467 Å². The summed E-state index contributed by atoms with van der Waals surface area (Å²) in [5.41, 5.74) is 29.2. The number of anilines is 12. The molecule has 0 atom stereocenters. The minimum absolute atomic E-state index is 0.0232. The summed E-state index contributed by atoms with van der Waals surface area (Å²) in [5.74, 6) is 0. The first-order valence-electron chi connectivity index (χ1n) is 28.3. The molecule has 0 unspecified atom stereocenters. The van der Waals surface area contributed by atoms with Gasteiger partial charge in [-0.1, -0.05) is 0 Å². The van der Waals surface area contributed by atoms with Gasteiger partial charge in [-0.25, -0.2) is 0 Å². The molecular weight excluding hydrogens is 997 g/mol. The van der Waals surface area contributed by atoms with E-state index in [1.165, 1.54) is 123 Å². The fraction of sp³-hybridized carbons (Fsp3) is 0.343. The zero-order valence-corrected chi connectivity index (χ0v) is 50.8. The van der Waals surface area contributed by atoms with Crippen molar-refractivity contribution in [3.63, 3.8) is 0 Å². The molecule has 1 aromatic heterocycles. The molecule has 13 rings (SSSR count). The zero-order valence-electron chi connectivity index (χ0n) is 49.1. The molecule has 0 amide bonds. The first-order valence-corrected chi connectivity index (χ1v) is 30.0. The van der Waals surface area contributed by atoms with E-state index in [1.807, 2.05) is 0 Å². The van der Waals surface area contributed by atoms with E-state index in [4.69, 9.17) is 0 Å². The van der Waals surface area contributed by atoms with Gasteiger partial charge in [0, 0.05) is 0 Å². The molecule has 7 aromatic carbocycles. The van der Waals surface area contributed by atoms with Crippen LogP contribution >= 0.6 is 0 Å². The molecule has 6 heterocycles. The molecule has 0 aliphatic carbocycles. The first-order chi connectivity index (χ1) is 36.0. The summed E-state index contributed by atoms with van der Waals surface area (Å²) in [6.45, 7) is 42.8. The summed E-state index contributed by atoms with van der Waals surface area (Å²) in [7, 11) is 0. The van der Waals surface area contributed by atoms with Crippen LogP contribution in [0.15, 0.2) is 133 Å². The van der Waals surface area contributed by atoms with Crippen LogP contribution in [0.1, 0.15) is 158 Å². The van der Waals surface area contributed by atoms with E-state index >= 15 is 0 Å². The van der Waals surface area contributed by atoms with Gasteiger partial charge in [0.25, 0.3) is 0 Å². The van der Waals surface area contributed by atoms with Crippen LogP contribution in [0.4, 0.5) is 68.2 Å². The predicted molar refractivity (Wildman–Crippen MR) is 337 cm³/mol. The Bertz CT molecular complexity index is 3750. The van der Waals surface area contributed by atoms with Crippen molar-refractivity contribution in [1.82, 2.24) is 0 Å². The molecule has 8 aromatic rings. The third kappa shape index (κ3) is 7.52. The summed E-state index contributed by atoms with van der Waals surface area (Å²) in [6.07, 6.45) is 0. The second-order valence-corrected chi connectivity index (χ2v) is 31.5. The molecule has 0 saturated carbocycles. The number of fused-ring (bicyclic) bond motifs is 11. The van der Waals surface area contributed by atoms with Crippen molar-refractivity contribution in [3.05, 3.63) is 167 Å². The Balaban J connectivity index is 1.12. The second kappa shape index (κ2) is 16.2. The summed E-state index contributed by atoms with van der Waals surface area (Å²) in [6, 6.07) is 53.7. The van der Waals surface area contributed by atoms with Gasteiger partial charge in [0.2, 0.25) is 0 Å². The van der Waals surface area contributed by atoms with Crippen LogP contribution < -0.4 is 50.1 Å². The molecule has 7 heteroatoms. The molecule has 5 aliphatic rings. The number of rotatable bonds is 2. The third-order valence-corrected chi connectivity index (χ3v) is 20.3. The van der Waals surface area contributed by atoms with Crippen molar-refractivity contribution < 1.29 is 0 Å². The van der Waals surface area contributed by atoms with Crippen molar-refractivity contribution >= 4 is 127 Å². The molecule has 5 aliphatic heterocycles. The van der Waals surface area contributed by atoms with E-state index in [2.05, 4.69) is 278 Å². The molecule has 0 N–H and O–H groups in total. The Hall–Kier alpha value is -6.13. The number of para-hydroxylation sites is 2. The van der Waals surface area contributed by atoms with Gasteiger partial charge in [0.1, 0.15) is 0 Å². The molecule has 0 fully saturated rings. The topological polar surface area (TPSA) is 13.0 Å². The van der Waals surface area contributed by atoms with Crippen molar-refractivity contribution in [3.8, 4) is 0 Å². The Morgan fingerprint density at radius 2 is 0.636 bits per heavy atom. The minimum atomic E-state index is -0.0382. The molecule has 0 bridgehead atoms. The van der Waals surface area contributed by atoms with Crippen LogP contribution in [0.5, 0.6) is 0 Å². The van der Waals surface area contributed by atoms with E-state index in [1.54, 1.807) is 8.67 Å². The van der Waals surface area contributed by atoms with Gasteiger partial charge >= 0.3 is 470 Å². The molecule has 388 valence electrons. The van der Waals surface area contributed by atoms with Gasteiger partial charge in [-0.05, 0) is 0 Å². The first kappa shape index (κ1) is 50.4. The van der Waals surface area contributed by atoms with Gasteiger partial charge in [-0.2, -0.15) is 0 Å². The van der Waals surface area contributed by atoms with Crippen LogP contribution in [-0.4, -0.2) is 27.9 Å². The van der Waals surface area contributed by atoms with Crippen LogP contribution in [-0.2, 0) is 32.5 Å². The summed E-state index contributed by atoms with van der Waals surface area (Å²) < 4.78 is 3.15. The van der Waals surface area contributed by atoms with Crippen molar-refractivity contribution in [2.75, 3.05) is 19.6 Å². The van der Waals surface area contributed by atoms with E-state index in [-0.39, 0.29) is 60.4 Å². The third-order valence-electron chi connectivity index (χ3n) is 17.6. The molecule has 0 spiro atoms. The molecular formula is C70H76B2N4Se. The molecule has 77 heavy (non-hydrogen) atoms. The average Bonchev–Trinajstić information content (AvgIpc) is 4.04. The zero-order chi connectivity index (χ0) is 54.6. The maximum absolute atomic E-state index is 2.71. The molecule has 0 radical (unpaired) electrons. The number of benzene rings is 7. The number of hydrogen-bond donors (Lipinski definition) is 0. The van der Waals surface area contributed by atoms with Gasteiger partial charge in [0.15, 0.2) is 0 Å². The Kier molecular flexibility index (Phi) is 10.6. The average molecular weight is 1070 g/mol. The number of nitrogens with zero attached hydrogens (tertiary/aromatic N) is 4. The second-order valence-electron chi connectivity index (χ2n) is 29.2. The quantitative estimate of drug-likeness (QED) is 0.160. The van der Waals surface area contributed by atoms with Crippen molar-refractivity contribution in [1.29, 1.82) is 0 Å². The Morgan fingerprint density at radius 3 is 1.05 bits per heavy atom. The molecule has 0 saturated heterocycles. The van der Waals surface area contributed by atoms with Gasteiger partial charge in [0.05, 0.1) is 0 Å². The standard InChI is InChI=1S/C70H76B2N4Se/c1-65(2,3)41-30-32-51-50(39-41)72-60-54(73(51)47-35-43(67(7,8)9)33-44(36-47)68(10,11)12)25-21-28-57(60)76-53-24-20-19-23-52(53)75-56-27-22-26-55-59(56)71(63-61(75)62(76)64(72)77-63)49-31-29-42(66(4,5)6)40-58(49)74(55)48-37-45(69(13,14)15)34-46(38-48)70(16,17)18/h19-40H,1-18H3. The van der Waals surface area contributed by atoms with Crippen molar-refractivity contribution in [2.45, 2.75) is 157 Å². The summed E-state index contributed by atoms with van der Waals surface area (Å²) in [4.78, 5) is 10.7. The van der Waals surface area contributed by atoms with Crippen LogP contribution in [0.25, 0.3) is 0 Å². The molecule has 4 nitrogen and oxygen atoms in total. The normalized spacial score (nSPS) is 15.2. The van der Waals surface area contributed by atoms with Gasteiger partial charge in [-0.3, -0.25) is 0 Å². The van der Waals surface area contributed by atoms with Crippen LogP contribution in [0.2, 0.25) is 0 Å². The van der Waals surface area contributed by atoms with E-state index < -0.39 is 0 Å². The Morgan fingerprint density at radius 1 is 0.286 bits per heavy atom. The van der Waals surface area contributed by atoms with Crippen LogP contribution in [0.3, 0.4) is 0 Å². The fourth-order valence-electron chi connectivity index (χ4n) is 13.1. The van der Waals surface area contributed by atoms with E-state index in [0.29, 0.717) is 0 Å². The summed E-state index contributed by atoms with van der Waals surface area (Å²) >= 11 is -0.0232. The van der Waals surface area contributed by atoms with E-state index in [9.17, 15) is 0 Å². The van der Waals surface area contributed by atoms with Gasteiger partial charge in [-0.15, -0.1) is 0 Å². The monoisotopic (exact) mass is 1070 g/mol. The summed E-state index contributed by atoms with van der Waals surface area (Å²) in [5, 5.41) is 0. The van der Waals surface area contributed by atoms with Gasteiger partial charge < -0.3 is 0 Å². The number of hydrogen-bond acceptors (Lipinski definition) is 4. The predicted octanol–water partition coefficient (Wildman–Crippen LogP) is 15.0. The fourth-order valence-corrected chi connectivity index (χ4v) is 16.3. The maximum atomic E-state index is 2.71. The van der Waals surface area contributed by atoms with E-state index in [0.717, 1.165) is 0 Å². The van der Waals surface area contributed by atoms with Crippen LogP contribution in [0, 0.1) is 0 Å².